The van der Waals surface area contributed by atoms with Crippen LogP contribution in [0.1, 0.15) is 12.0 Å². The number of nitrogens with one attached hydrogen (secondary N) is 1. The number of amides is 1. The van der Waals surface area contributed by atoms with Crippen LogP contribution >= 0.6 is 11.6 Å². The molecule has 2 aromatic carbocycles. The van der Waals surface area contributed by atoms with E-state index in [4.69, 9.17) is 11.6 Å². The summed E-state index contributed by atoms with van der Waals surface area (Å²) in [5.41, 5.74) is 1.82. The Morgan fingerprint density at radius 3 is 2.58 bits per heavy atom. The fourth-order valence-electron chi connectivity index (χ4n) is 2.92. The first-order valence-corrected chi connectivity index (χ1v) is 8.72. The SMILES string of the molecule is O=C(CCn1ccc2c(Cl)cccc21)NC(Cc1ccccc1)C(=O)O. The van der Waals surface area contributed by atoms with Crippen molar-refractivity contribution >= 4 is 34.4 Å². The molecule has 1 amide bonds. The van der Waals surface area contributed by atoms with Crippen LogP contribution < -0.4 is 5.32 Å². The van der Waals surface area contributed by atoms with Gasteiger partial charge in [-0.2, -0.15) is 0 Å². The average molecular weight is 371 g/mol. The van der Waals surface area contributed by atoms with E-state index in [-0.39, 0.29) is 18.7 Å². The zero-order chi connectivity index (χ0) is 18.5. The number of nitrogens with zero attached hydrogens (tertiary/aromatic N) is 1. The van der Waals surface area contributed by atoms with Crippen LogP contribution in [0.4, 0.5) is 0 Å². The van der Waals surface area contributed by atoms with Crippen molar-refractivity contribution in [2.45, 2.75) is 25.4 Å². The van der Waals surface area contributed by atoms with Crippen LogP contribution in [0.5, 0.6) is 0 Å². The summed E-state index contributed by atoms with van der Waals surface area (Å²) in [6.45, 7) is 0.452. The predicted octanol–water partition coefficient (Wildman–Crippen LogP) is 3.50. The van der Waals surface area contributed by atoms with Crippen molar-refractivity contribution in [3.63, 3.8) is 0 Å². The van der Waals surface area contributed by atoms with E-state index in [0.717, 1.165) is 16.5 Å². The number of aliphatic carboxylic acids is 1. The number of carboxylic acids is 1. The molecule has 1 atom stereocenters. The zero-order valence-electron chi connectivity index (χ0n) is 14.1. The molecule has 1 aromatic heterocycles. The molecule has 0 bridgehead atoms. The monoisotopic (exact) mass is 370 g/mol. The molecule has 0 saturated carbocycles. The normalized spacial score (nSPS) is 12.0. The number of carbonyl (C=O) groups is 2. The van der Waals surface area contributed by atoms with E-state index < -0.39 is 12.0 Å². The quantitative estimate of drug-likeness (QED) is 0.668. The average Bonchev–Trinajstić information content (AvgIpc) is 3.05. The number of aryl methyl sites for hydroxylation is 1. The van der Waals surface area contributed by atoms with Gasteiger partial charge in [0.05, 0.1) is 0 Å². The highest BCUT2D eigenvalue weighted by Gasteiger charge is 2.20. The van der Waals surface area contributed by atoms with Gasteiger partial charge in [-0.15, -0.1) is 0 Å². The molecule has 1 unspecified atom stereocenters. The molecule has 134 valence electrons. The lowest BCUT2D eigenvalue weighted by Gasteiger charge is -2.15. The number of carboxylic acid groups (broad SMARTS) is 1. The van der Waals surface area contributed by atoms with E-state index in [2.05, 4.69) is 5.32 Å². The molecular formula is C20H19ClN2O3. The molecule has 0 fully saturated rings. The van der Waals surface area contributed by atoms with Gasteiger partial charge in [0, 0.05) is 41.5 Å². The van der Waals surface area contributed by atoms with Crippen molar-refractivity contribution in [1.82, 2.24) is 9.88 Å². The van der Waals surface area contributed by atoms with Crippen LogP contribution in [0, 0.1) is 0 Å². The number of carbonyl (C=O) groups excluding carboxylic acids is 1. The molecule has 0 aliphatic heterocycles. The topological polar surface area (TPSA) is 71.3 Å². The Kier molecular flexibility index (Phi) is 5.58. The van der Waals surface area contributed by atoms with E-state index >= 15 is 0 Å². The van der Waals surface area contributed by atoms with E-state index in [9.17, 15) is 14.7 Å². The molecule has 0 aliphatic carbocycles. The third-order valence-corrected chi connectivity index (χ3v) is 4.59. The number of benzene rings is 2. The maximum atomic E-state index is 12.2. The van der Waals surface area contributed by atoms with Crippen molar-refractivity contribution in [2.75, 3.05) is 0 Å². The van der Waals surface area contributed by atoms with Crippen molar-refractivity contribution in [3.8, 4) is 0 Å². The summed E-state index contributed by atoms with van der Waals surface area (Å²) in [4.78, 5) is 23.7. The second kappa shape index (κ2) is 8.06. The van der Waals surface area contributed by atoms with Crippen LogP contribution in [0.3, 0.4) is 0 Å². The molecular weight excluding hydrogens is 352 g/mol. The summed E-state index contributed by atoms with van der Waals surface area (Å²) in [6.07, 6.45) is 2.32. The van der Waals surface area contributed by atoms with E-state index in [1.165, 1.54) is 0 Å². The van der Waals surface area contributed by atoms with Gasteiger partial charge < -0.3 is 15.0 Å². The molecule has 1 heterocycles. The standard InChI is InChI=1S/C20H19ClN2O3/c21-16-7-4-8-18-15(16)9-11-23(18)12-10-19(24)22-17(20(25)26)13-14-5-2-1-3-6-14/h1-9,11,17H,10,12-13H2,(H,22,24)(H,25,26). The van der Waals surface area contributed by atoms with Gasteiger partial charge in [0.15, 0.2) is 0 Å². The Balaban J connectivity index is 1.61. The second-order valence-electron chi connectivity index (χ2n) is 6.08. The van der Waals surface area contributed by atoms with Crippen LogP contribution in [-0.4, -0.2) is 27.6 Å². The summed E-state index contributed by atoms with van der Waals surface area (Å²) in [6, 6.07) is 15.8. The van der Waals surface area contributed by atoms with Gasteiger partial charge in [-0.25, -0.2) is 4.79 Å². The fraction of sp³-hybridized carbons (Fsp3) is 0.200. The van der Waals surface area contributed by atoms with Crippen molar-refractivity contribution in [2.24, 2.45) is 0 Å². The maximum absolute atomic E-state index is 12.2. The number of rotatable bonds is 7. The van der Waals surface area contributed by atoms with Gasteiger partial charge in [0.2, 0.25) is 5.91 Å². The number of hydrogen-bond acceptors (Lipinski definition) is 2. The first kappa shape index (κ1) is 18.0. The van der Waals surface area contributed by atoms with Crippen LogP contribution in [0.2, 0.25) is 5.02 Å². The number of halogens is 1. The van der Waals surface area contributed by atoms with Gasteiger partial charge in [-0.3, -0.25) is 4.79 Å². The number of fused-ring (bicyclic) bond motifs is 1. The third kappa shape index (κ3) is 4.24. The minimum atomic E-state index is -1.04. The summed E-state index contributed by atoms with van der Waals surface area (Å²) < 4.78 is 1.94. The fourth-order valence-corrected chi connectivity index (χ4v) is 3.15. The Hall–Kier alpha value is -2.79. The molecule has 2 N–H and O–H groups in total. The number of hydrogen-bond donors (Lipinski definition) is 2. The van der Waals surface area contributed by atoms with Crippen molar-refractivity contribution in [1.29, 1.82) is 0 Å². The predicted molar refractivity (Wildman–Crippen MR) is 101 cm³/mol. The van der Waals surface area contributed by atoms with E-state index in [1.807, 2.05) is 65.4 Å². The van der Waals surface area contributed by atoms with Gasteiger partial charge in [0.1, 0.15) is 6.04 Å². The largest absolute Gasteiger partial charge is 0.480 e. The molecule has 0 saturated heterocycles. The molecule has 3 rings (SSSR count). The molecule has 6 heteroatoms. The molecule has 26 heavy (non-hydrogen) atoms. The lowest BCUT2D eigenvalue weighted by atomic mass is 10.1. The van der Waals surface area contributed by atoms with Gasteiger partial charge in [0.25, 0.3) is 0 Å². The second-order valence-corrected chi connectivity index (χ2v) is 6.49. The first-order valence-electron chi connectivity index (χ1n) is 8.34. The van der Waals surface area contributed by atoms with E-state index in [0.29, 0.717) is 11.6 Å². The lowest BCUT2D eigenvalue weighted by Crippen LogP contribution is -2.42. The Morgan fingerprint density at radius 1 is 1.08 bits per heavy atom. The number of aromatic nitrogens is 1. The minimum Gasteiger partial charge on any atom is -0.480 e. The van der Waals surface area contributed by atoms with Crippen LogP contribution in [0.15, 0.2) is 60.8 Å². The van der Waals surface area contributed by atoms with Crippen LogP contribution in [-0.2, 0) is 22.6 Å². The van der Waals surface area contributed by atoms with Crippen LogP contribution in [0.25, 0.3) is 10.9 Å². The highest BCUT2D eigenvalue weighted by Crippen LogP contribution is 2.24. The summed E-state index contributed by atoms with van der Waals surface area (Å²) in [7, 11) is 0. The lowest BCUT2D eigenvalue weighted by molar-refractivity contribution is -0.141. The zero-order valence-corrected chi connectivity index (χ0v) is 14.8. The summed E-state index contributed by atoms with van der Waals surface area (Å²) in [5.74, 6) is -1.34. The smallest absolute Gasteiger partial charge is 0.326 e. The van der Waals surface area contributed by atoms with Crippen molar-refractivity contribution < 1.29 is 14.7 Å². The van der Waals surface area contributed by atoms with E-state index in [1.54, 1.807) is 0 Å². The highest BCUT2D eigenvalue weighted by molar-refractivity contribution is 6.35. The van der Waals surface area contributed by atoms with Gasteiger partial charge in [-0.05, 0) is 23.8 Å². The Morgan fingerprint density at radius 2 is 1.85 bits per heavy atom. The molecule has 0 aliphatic rings. The molecule has 3 aromatic rings. The van der Waals surface area contributed by atoms with Gasteiger partial charge in [-0.1, -0.05) is 48.0 Å². The Labute approximate surface area is 156 Å². The minimum absolute atomic E-state index is 0.189. The summed E-state index contributed by atoms with van der Waals surface area (Å²) >= 11 is 6.16. The Bertz CT molecular complexity index is 921. The first-order chi connectivity index (χ1) is 12.5. The maximum Gasteiger partial charge on any atom is 0.326 e. The van der Waals surface area contributed by atoms with Crippen molar-refractivity contribution in [3.05, 3.63) is 71.4 Å². The molecule has 0 radical (unpaired) electrons. The highest BCUT2D eigenvalue weighted by atomic mass is 35.5. The third-order valence-electron chi connectivity index (χ3n) is 4.26. The molecule has 5 nitrogen and oxygen atoms in total. The molecule has 0 spiro atoms. The summed E-state index contributed by atoms with van der Waals surface area (Å²) in [5, 5.41) is 13.6. The van der Waals surface area contributed by atoms with Gasteiger partial charge >= 0.3 is 5.97 Å².